The average Bonchev–Trinajstić information content (AvgIpc) is 2.65. The van der Waals surface area contributed by atoms with Gasteiger partial charge in [0.2, 0.25) is 0 Å². The zero-order valence-corrected chi connectivity index (χ0v) is 15.1. The quantitative estimate of drug-likeness (QED) is 0.652. The zero-order valence-electron chi connectivity index (χ0n) is 14.3. The van der Waals surface area contributed by atoms with Crippen LogP contribution in [0.1, 0.15) is 5.56 Å². The van der Waals surface area contributed by atoms with Crippen molar-refractivity contribution in [2.75, 3.05) is 36.4 Å². The molecule has 1 aliphatic rings. The number of benzene rings is 2. The maximum Gasteiger partial charge on any atom is 0.322 e. The van der Waals surface area contributed by atoms with E-state index in [0.29, 0.717) is 36.9 Å². The number of carbonyl (C=O) groups is 1. The molecule has 1 N–H and O–H groups in total. The summed E-state index contributed by atoms with van der Waals surface area (Å²) >= 11 is 6.16. The highest BCUT2D eigenvalue weighted by Gasteiger charge is 2.22. The van der Waals surface area contributed by atoms with Gasteiger partial charge in [0.25, 0.3) is 5.69 Å². The molecule has 2 amide bonds. The Hall–Kier alpha value is -2.80. The first kappa shape index (κ1) is 18.0. The monoisotopic (exact) mass is 374 g/mol. The van der Waals surface area contributed by atoms with Crippen LogP contribution < -0.4 is 10.2 Å². The van der Waals surface area contributed by atoms with Crippen LogP contribution in [0.15, 0.2) is 42.5 Å². The van der Waals surface area contributed by atoms with E-state index in [1.54, 1.807) is 23.1 Å². The van der Waals surface area contributed by atoms with Crippen molar-refractivity contribution < 1.29 is 9.72 Å². The van der Waals surface area contributed by atoms with E-state index in [0.717, 1.165) is 11.3 Å². The van der Waals surface area contributed by atoms with Gasteiger partial charge in [-0.2, -0.15) is 0 Å². The van der Waals surface area contributed by atoms with Gasteiger partial charge in [-0.3, -0.25) is 10.1 Å². The lowest BCUT2D eigenvalue weighted by Gasteiger charge is -2.36. The predicted molar refractivity (Wildman–Crippen MR) is 102 cm³/mol. The third kappa shape index (κ3) is 3.88. The zero-order chi connectivity index (χ0) is 18.7. The Balaban J connectivity index is 1.59. The van der Waals surface area contributed by atoms with E-state index in [-0.39, 0.29) is 11.7 Å². The van der Waals surface area contributed by atoms with Crippen molar-refractivity contribution >= 4 is 34.7 Å². The molecule has 7 nitrogen and oxygen atoms in total. The van der Waals surface area contributed by atoms with Crippen LogP contribution in [0.2, 0.25) is 5.02 Å². The maximum absolute atomic E-state index is 12.5. The summed E-state index contributed by atoms with van der Waals surface area (Å²) in [6, 6.07) is 11.8. The van der Waals surface area contributed by atoms with Gasteiger partial charge in [-0.05, 0) is 30.7 Å². The number of nitrogens with zero attached hydrogens (tertiary/aromatic N) is 3. The van der Waals surface area contributed by atoms with Crippen LogP contribution in [-0.2, 0) is 0 Å². The Morgan fingerprint density at radius 1 is 1.12 bits per heavy atom. The lowest BCUT2D eigenvalue weighted by molar-refractivity contribution is -0.384. The lowest BCUT2D eigenvalue weighted by atomic mass is 10.2. The smallest absolute Gasteiger partial charge is 0.322 e. The largest absolute Gasteiger partial charge is 0.368 e. The SMILES string of the molecule is Cc1cccc(Cl)c1NC(=O)N1CCN(c2ccc([N+](=O)[O-])cc2)CC1. The van der Waals surface area contributed by atoms with Crippen LogP contribution in [-0.4, -0.2) is 42.0 Å². The number of para-hydroxylation sites is 1. The van der Waals surface area contributed by atoms with Gasteiger partial charge >= 0.3 is 6.03 Å². The minimum atomic E-state index is -0.414. The molecule has 0 bridgehead atoms. The van der Waals surface area contributed by atoms with Gasteiger partial charge in [-0.1, -0.05) is 23.7 Å². The molecular formula is C18H19ClN4O3. The maximum atomic E-state index is 12.5. The number of nitrogens with one attached hydrogen (secondary N) is 1. The minimum absolute atomic E-state index is 0.0712. The number of nitro groups is 1. The van der Waals surface area contributed by atoms with Crippen LogP contribution in [0.4, 0.5) is 21.9 Å². The van der Waals surface area contributed by atoms with Crippen LogP contribution in [0.3, 0.4) is 0 Å². The number of urea groups is 1. The van der Waals surface area contributed by atoms with Gasteiger partial charge in [0.1, 0.15) is 0 Å². The van der Waals surface area contributed by atoms with Crippen LogP contribution in [0, 0.1) is 17.0 Å². The molecule has 1 fully saturated rings. The van der Waals surface area contributed by atoms with Gasteiger partial charge in [0.15, 0.2) is 0 Å². The summed E-state index contributed by atoms with van der Waals surface area (Å²) in [7, 11) is 0. The van der Waals surface area contributed by atoms with Crippen molar-refractivity contribution in [3.63, 3.8) is 0 Å². The second-order valence-corrected chi connectivity index (χ2v) is 6.52. The molecule has 136 valence electrons. The Morgan fingerprint density at radius 2 is 1.77 bits per heavy atom. The van der Waals surface area contributed by atoms with Crippen molar-refractivity contribution in [2.45, 2.75) is 6.92 Å². The number of carbonyl (C=O) groups excluding carboxylic acids is 1. The second kappa shape index (κ2) is 7.61. The third-order valence-electron chi connectivity index (χ3n) is 4.45. The van der Waals surface area contributed by atoms with E-state index in [1.165, 1.54) is 12.1 Å². The first-order valence-corrected chi connectivity index (χ1v) is 8.64. The van der Waals surface area contributed by atoms with Crippen LogP contribution >= 0.6 is 11.6 Å². The van der Waals surface area contributed by atoms with Crippen molar-refractivity contribution in [3.8, 4) is 0 Å². The predicted octanol–water partition coefficient (Wildman–Crippen LogP) is 3.91. The van der Waals surface area contributed by atoms with E-state index >= 15 is 0 Å². The molecule has 1 aliphatic heterocycles. The van der Waals surface area contributed by atoms with Crippen LogP contribution in [0.5, 0.6) is 0 Å². The number of anilines is 2. The Kier molecular flexibility index (Phi) is 5.27. The molecule has 0 spiro atoms. The molecule has 0 unspecified atom stereocenters. The molecule has 0 atom stereocenters. The molecule has 0 aromatic heterocycles. The molecule has 0 saturated carbocycles. The highest BCUT2D eigenvalue weighted by Crippen LogP contribution is 2.26. The molecule has 1 heterocycles. The van der Waals surface area contributed by atoms with Crippen molar-refractivity contribution in [1.29, 1.82) is 0 Å². The second-order valence-electron chi connectivity index (χ2n) is 6.11. The molecule has 8 heteroatoms. The number of aryl methyl sites for hydroxylation is 1. The fourth-order valence-corrected chi connectivity index (χ4v) is 3.20. The number of hydrogen-bond acceptors (Lipinski definition) is 4. The fraction of sp³-hybridized carbons (Fsp3) is 0.278. The van der Waals surface area contributed by atoms with Gasteiger partial charge < -0.3 is 15.1 Å². The highest BCUT2D eigenvalue weighted by molar-refractivity contribution is 6.33. The summed E-state index contributed by atoms with van der Waals surface area (Å²) in [6.07, 6.45) is 0. The number of non-ortho nitro benzene ring substituents is 1. The molecule has 2 aromatic carbocycles. The Labute approximate surface area is 156 Å². The standard InChI is InChI=1S/C18H19ClN4O3/c1-13-3-2-4-16(19)17(13)20-18(24)22-11-9-21(10-12-22)14-5-7-15(8-6-14)23(25)26/h2-8H,9-12H2,1H3,(H,20,24). The van der Waals surface area contributed by atoms with Gasteiger partial charge in [0, 0.05) is 44.0 Å². The molecule has 0 aliphatic carbocycles. The number of rotatable bonds is 3. The Morgan fingerprint density at radius 3 is 2.35 bits per heavy atom. The minimum Gasteiger partial charge on any atom is -0.368 e. The summed E-state index contributed by atoms with van der Waals surface area (Å²) in [5.41, 5.74) is 2.53. The van der Waals surface area contributed by atoms with E-state index in [2.05, 4.69) is 10.2 Å². The van der Waals surface area contributed by atoms with Crippen molar-refractivity contribution in [2.24, 2.45) is 0 Å². The van der Waals surface area contributed by atoms with Gasteiger partial charge in [-0.25, -0.2) is 4.79 Å². The first-order chi connectivity index (χ1) is 12.5. The first-order valence-electron chi connectivity index (χ1n) is 8.26. The molecular weight excluding hydrogens is 356 g/mol. The fourth-order valence-electron chi connectivity index (χ4n) is 2.93. The lowest BCUT2D eigenvalue weighted by Crippen LogP contribution is -2.50. The number of amides is 2. The van der Waals surface area contributed by atoms with E-state index in [1.807, 2.05) is 19.1 Å². The average molecular weight is 375 g/mol. The number of halogens is 1. The molecule has 1 saturated heterocycles. The Bertz CT molecular complexity index is 797. The van der Waals surface area contributed by atoms with Gasteiger partial charge in [-0.15, -0.1) is 0 Å². The summed E-state index contributed by atoms with van der Waals surface area (Å²) in [5.74, 6) is 0. The summed E-state index contributed by atoms with van der Waals surface area (Å²) in [5, 5.41) is 14.1. The summed E-state index contributed by atoms with van der Waals surface area (Å²) < 4.78 is 0. The number of piperazine rings is 1. The van der Waals surface area contributed by atoms with Crippen molar-refractivity contribution in [1.82, 2.24) is 4.90 Å². The third-order valence-corrected chi connectivity index (χ3v) is 4.76. The molecule has 0 radical (unpaired) electrons. The van der Waals surface area contributed by atoms with E-state index in [9.17, 15) is 14.9 Å². The normalized spacial score (nSPS) is 14.2. The molecule has 2 aromatic rings. The number of hydrogen-bond donors (Lipinski definition) is 1. The molecule has 26 heavy (non-hydrogen) atoms. The number of nitro benzene ring substituents is 1. The van der Waals surface area contributed by atoms with E-state index < -0.39 is 4.92 Å². The summed E-state index contributed by atoms with van der Waals surface area (Å²) in [6.45, 7) is 4.34. The topological polar surface area (TPSA) is 78.7 Å². The van der Waals surface area contributed by atoms with Gasteiger partial charge in [0.05, 0.1) is 15.6 Å². The highest BCUT2D eigenvalue weighted by atomic mass is 35.5. The molecule has 3 rings (SSSR count). The summed E-state index contributed by atoms with van der Waals surface area (Å²) in [4.78, 5) is 26.7. The van der Waals surface area contributed by atoms with Crippen molar-refractivity contribution in [3.05, 3.63) is 63.2 Å². The van der Waals surface area contributed by atoms with Crippen LogP contribution in [0.25, 0.3) is 0 Å². The van der Waals surface area contributed by atoms with E-state index in [4.69, 9.17) is 11.6 Å².